The summed E-state index contributed by atoms with van der Waals surface area (Å²) in [5.74, 6) is 1.67. The zero-order valence-corrected chi connectivity index (χ0v) is 13.7. The van der Waals surface area contributed by atoms with Crippen molar-refractivity contribution in [1.82, 2.24) is 24.5 Å². The van der Waals surface area contributed by atoms with Gasteiger partial charge in [-0.05, 0) is 13.8 Å². The number of hydrogen-bond acceptors (Lipinski definition) is 6. The van der Waals surface area contributed by atoms with Gasteiger partial charge in [-0.2, -0.15) is 4.98 Å². The summed E-state index contributed by atoms with van der Waals surface area (Å²) in [5.41, 5.74) is 0.766. The van der Waals surface area contributed by atoms with Gasteiger partial charge in [0.15, 0.2) is 5.65 Å². The molecule has 1 aliphatic heterocycles. The molecule has 4 heterocycles. The van der Waals surface area contributed by atoms with E-state index in [1.807, 2.05) is 18.9 Å². The lowest BCUT2D eigenvalue weighted by molar-refractivity contribution is 0.204. The molecule has 1 aliphatic rings. The number of H-pyrrole nitrogens is 1. The molecule has 2 bridgehead atoms. The van der Waals surface area contributed by atoms with Crippen LogP contribution in [0.15, 0.2) is 29.3 Å². The lowest BCUT2D eigenvalue weighted by Crippen LogP contribution is -2.34. The average Bonchev–Trinajstić information content (AvgIpc) is 2.90. The third-order valence-electron chi connectivity index (χ3n) is 4.37. The minimum absolute atomic E-state index is 0.0389. The van der Waals surface area contributed by atoms with Crippen LogP contribution < -0.4 is 15.3 Å². The maximum Gasteiger partial charge on any atom is 0.333 e. The highest BCUT2D eigenvalue weighted by Crippen LogP contribution is 2.27. The SMILES string of the molecule is C[C@@H]1C[C@H](C)Oc2ccnc3[nH]c(=O)n(c23)-c2ccnc(n2)N1C. The molecule has 0 unspecified atom stereocenters. The first-order valence-corrected chi connectivity index (χ1v) is 7.87. The van der Waals surface area contributed by atoms with Gasteiger partial charge in [0, 0.05) is 44.0 Å². The summed E-state index contributed by atoms with van der Waals surface area (Å²) in [5, 5.41) is 0. The molecule has 0 fully saturated rings. The standard InChI is InChI=1S/C16H18N6O2/c1-9-8-10(2)24-11-4-6-17-14-13(11)22(16(23)20-14)12-5-7-18-15(19-12)21(9)3/h4-7,9-10H,8H2,1-3H3,(H,17,20,23)/t9-,10+/m1/s1. The molecular formula is C16H18N6O2. The highest BCUT2D eigenvalue weighted by Gasteiger charge is 2.22. The van der Waals surface area contributed by atoms with Crippen molar-refractivity contribution in [2.24, 2.45) is 0 Å². The normalized spacial score (nSPS) is 20.5. The molecular weight excluding hydrogens is 308 g/mol. The van der Waals surface area contributed by atoms with Crippen molar-refractivity contribution < 1.29 is 4.74 Å². The molecule has 3 aromatic rings. The topological polar surface area (TPSA) is 88.9 Å². The first-order valence-electron chi connectivity index (χ1n) is 7.87. The van der Waals surface area contributed by atoms with Crippen LogP contribution in [0, 0.1) is 0 Å². The van der Waals surface area contributed by atoms with Crippen LogP contribution in [-0.4, -0.2) is 43.7 Å². The number of ether oxygens (including phenoxy) is 1. The summed E-state index contributed by atoms with van der Waals surface area (Å²) in [6.07, 6.45) is 4.04. The lowest BCUT2D eigenvalue weighted by atomic mass is 10.1. The van der Waals surface area contributed by atoms with Gasteiger partial charge in [0.25, 0.3) is 0 Å². The zero-order chi connectivity index (χ0) is 16.8. The highest BCUT2D eigenvalue weighted by atomic mass is 16.5. The van der Waals surface area contributed by atoms with Crippen LogP contribution in [0.4, 0.5) is 5.95 Å². The van der Waals surface area contributed by atoms with Crippen molar-refractivity contribution in [3.63, 3.8) is 0 Å². The summed E-state index contributed by atoms with van der Waals surface area (Å²) in [4.78, 5) is 30.4. The van der Waals surface area contributed by atoms with Gasteiger partial charge in [-0.15, -0.1) is 0 Å². The van der Waals surface area contributed by atoms with Crippen LogP contribution in [0.2, 0.25) is 0 Å². The molecule has 8 heteroatoms. The molecule has 124 valence electrons. The van der Waals surface area contributed by atoms with Gasteiger partial charge in [-0.25, -0.2) is 19.3 Å². The Balaban J connectivity index is 2.05. The Hall–Kier alpha value is -2.90. The number of rotatable bonds is 0. The van der Waals surface area contributed by atoms with Gasteiger partial charge in [0.05, 0.1) is 6.10 Å². The van der Waals surface area contributed by atoms with Gasteiger partial charge < -0.3 is 9.64 Å². The van der Waals surface area contributed by atoms with E-state index >= 15 is 0 Å². The predicted molar refractivity (Wildman–Crippen MR) is 89.9 cm³/mol. The lowest BCUT2D eigenvalue weighted by Gasteiger charge is -2.27. The molecule has 0 saturated heterocycles. The molecule has 1 N–H and O–H groups in total. The second-order valence-electron chi connectivity index (χ2n) is 6.11. The zero-order valence-electron chi connectivity index (χ0n) is 13.7. The van der Waals surface area contributed by atoms with Gasteiger partial charge >= 0.3 is 5.69 Å². The summed E-state index contributed by atoms with van der Waals surface area (Å²) < 4.78 is 7.60. The highest BCUT2D eigenvalue weighted by molar-refractivity contribution is 5.80. The van der Waals surface area contributed by atoms with Crippen molar-refractivity contribution in [2.75, 3.05) is 11.9 Å². The Morgan fingerprint density at radius 3 is 2.88 bits per heavy atom. The third kappa shape index (κ3) is 2.22. The quantitative estimate of drug-likeness (QED) is 0.673. The second kappa shape index (κ2) is 5.33. The number of imidazole rings is 1. The molecule has 0 saturated carbocycles. The summed E-state index contributed by atoms with van der Waals surface area (Å²) in [6.45, 7) is 4.11. The first kappa shape index (κ1) is 14.7. The van der Waals surface area contributed by atoms with Crippen molar-refractivity contribution >= 4 is 17.1 Å². The van der Waals surface area contributed by atoms with E-state index in [0.29, 0.717) is 28.7 Å². The molecule has 3 aromatic heterocycles. The van der Waals surface area contributed by atoms with Crippen LogP contribution in [0.5, 0.6) is 5.75 Å². The Labute approximate surface area is 138 Å². The Bertz CT molecular complexity index is 963. The minimum atomic E-state index is -0.305. The number of aromatic nitrogens is 5. The number of nitrogens with zero attached hydrogens (tertiary/aromatic N) is 5. The van der Waals surface area contributed by atoms with E-state index in [9.17, 15) is 4.79 Å². The monoisotopic (exact) mass is 326 g/mol. The number of pyridine rings is 1. The molecule has 4 rings (SSSR count). The molecule has 2 atom stereocenters. The van der Waals surface area contributed by atoms with E-state index in [0.717, 1.165) is 6.42 Å². The van der Waals surface area contributed by atoms with E-state index in [4.69, 9.17) is 4.74 Å². The van der Waals surface area contributed by atoms with Crippen LogP contribution in [-0.2, 0) is 0 Å². The average molecular weight is 326 g/mol. The fourth-order valence-corrected chi connectivity index (χ4v) is 3.05. The van der Waals surface area contributed by atoms with Crippen LogP contribution in [0.25, 0.3) is 17.0 Å². The molecule has 0 aliphatic carbocycles. The number of anilines is 1. The largest absolute Gasteiger partial charge is 0.488 e. The van der Waals surface area contributed by atoms with Crippen molar-refractivity contribution in [1.29, 1.82) is 0 Å². The Kier molecular flexibility index (Phi) is 3.26. The van der Waals surface area contributed by atoms with Crippen LogP contribution >= 0.6 is 0 Å². The van der Waals surface area contributed by atoms with Crippen molar-refractivity contribution in [2.45, 2.75) is 32.4 Å². The number of nitrogens with one attached hydrogen (secondary N) is 1. The van der Waals surface area contributed by atoms with Gasteiger partial charge in [-0.1, -0.05) is 0 Å². The predicted octanol–water partition coefficient (Wildman–Crippen LogP) is 1.50. The summed E-state index contributed by atoms with van der Waals surface area (Å²) >= 11 is 0. The van der Waals surface area contributed by atoms with E-state index in [2.05, 4.69) is 26.9 Å². The molecule has 0 amide bonds. The Morgan fingerprint density at radius 1 is 1.25 bits per heavy atom. The fraction of sp³-hybridized carbons (Fsp3) is 0.375. The summed E-state index contributed by atoms with van der Waals surface area (Å²) in [7, 11) is 1.94. The molecule has 24 heavy (non-hydrogen) atoms. The smallest absolute Gasteiger partial charge is 0.333 e. The maximum atomic E-state index is 12.5. The Morgan fingerprint density at radius 2 is 2.04 bits per heavy atom. The van der Waals surface area contributed by atoms with E-state index < -0.39 is 0 Å². The van der Waals surface area contributed by atoms with Crippen molar-refractivity contribution in [3.8, 4) is 11.6 Å². The molecule has 8 nitrogen and oxygen atoms in total. The molecule has 0 radical (unpaired) electrons. The second-order valence-corrected chi connectivity index (χ2v) is 6.11. The van der Waals surface area contributed by atoms with E-state index in [1.54, 1.807) is 24.5 Å². The number of hydrogen-bond donors (Lipinski definition) is 1. The first-order chi connectivity index (χ1) is 11.5. The van der Waals surface area contributed by atoms with E-state index in [-0.39, 0.29) is 17.8 Å². The maximum absolute atomic E-state index is 12.5. The van der Waals surface area contributed by atoms with E-state index in [1.165, 1.54) is 4.57 Å². The molecule has 0 aromatic carbocycles. The van der Waals surface area contributed by atoms with Crippen LogP contribution in [0.3, 0.4) is 0 Å². The van der Waals surface area contributed by atoms with Gasteiger partial charge in [0.2, 0.25) is 5.95 Å². The number of aromatic amines is 1. The van der Waals surface area contributed by atoms with Crippen LogP contribution in [0.1, 0.15) is 20.3 Å². The summed E-state index contributed by atoms with van der Waals surface area (Å²) in [6, 6.07) is 3.66. The van der Waals surface area contributed by atoms with Gasteiger partial charge in [0.1, 0.15) is 17.1 Å². The minimum Gasteiger partial charge on any atom is -0.488 e. The van der Waals surface area contributed by atoms with Crippen molar-refractivity contribution in [3.05, 3.63) is 35.0 Å². The van der Waals surface area contributed by atoms with Gasteiger partial charge in [-0.3, -0.25) is 4.98 Å². The number of fused-ring (bicyclic) bond motifs is 3. The third-order valence-corrected chi connectivity index (χ3v) is 4.37. The molecule has 0 spiro atoms. The fourth-order valence-electron chi connectivity index (χ4n) is 3.05.